The number of aromatic nitrogens is 4. The summed E-state index contributed by atoms with van der Waals surface area (Å²) in [5.41, 5.74) is 1.11. The van der Waals surface area contributed by atoms with Gasteiger partial charge in [0.25, 0.3) is 11.5 Å². The van der Waals surface area contributed by atoms with E-state index in [9.17, 15) is 14.4 Å². The molecule has 4 rings (SSSR count). The predicted molar refractivity (Wildman–Crippen MR) is 110 cm³/mol. The Balaban J connectivity index is 1.64. The van der Waals surface area contributed by atoms with E-state index in [1.165, 1.54) is 12.4 Å². The summed E-state index contributed by atoms with van der Waals surface area (Å²) in [6, 6.07) is 10.4. The lowest BCUT2D eigenvalue weighted by Crippen LogP contribution is -2.37. The van der Waals surface area contributed by atoms with Gasteiger partial charge in [0, 0.05) is 17.7 Å². The highest BCUT2D eigenvalue weighted by Crippen LogP contribution is 2.33. The van der Waals surface area contributed by atoms with Crippen molar-refractivity contribution in [1.29, 1.82) is 0 Å². The highest BCUT2D eigenvalue weighted by atomic mass is 16.2. The summed E-state index contributed by atoms with van der Waals surface area (Å²) in [6.45, 7) is 4.33. The molecule has 3 aromatic rings. The highest BCUT2D eigenvalue weighted by Gasteiger charge is 2.33. The van der Waals surface area contributed by atoms with Crippen LogP contribution in [-0.4, -0.2) is 31.4 Å². The lowest BCUT2D eigenvalue weighted by atomic mass is 9.75. The molecule has 1 atom stereocenters. The molecule has 1 aliphatic carbocycles. The van der Waals surface area contributed by atoms with Crippen LogP contribution in [0.25, 0.3) is 0 Å². The molecule has 0 saturated carbocycles. The molecule has 2 N–H and O–H groups in total. The minimum atomic E-state index is -0.536. The number of fused-ring (bicyclic) bond motifs is 1. The van der Waals surface area contributed by atoms with Crippen LogP contribution in [0.15, 0.2) is 53.8 Å². The van der Waals surface area contributed by atoms with Crippen LogP contribution in [0.2, 0.25) is 0 Å². The molecule has 0 aliphatic heterocycles. The van der Waals surface area contributed by atoms with E-state index in [0.717, 1.165) is 5.56 Å². The van der Waals surface area contributed by atoms with Crippen LogP contribution in [0.1, 0.15) is 58.3 Å². The minimum absolute atomic E-state index is 0.0613. The number of benzene rings is 1. The molecule has 0 fully saturated rings. The topological polar surface area (TPSA) is 110 Å². The van der Waals surface area contributed by atoms with Gasteiger partial charge in [0.05, 0.1) is 12.6 Å². The third-order valence-electron chi connectivity index (χ3n) is 5.31. The maximum Gasteiger partial charge on any atom is 0.261 e. The molecule has 30 heavy (non-hydrogen) atoms. The molecule has 2 aromatic heterocycles. The van der Waals surface area contributed by atoms with Crippen molar-refractivity contribution in [3.05, 3.63) is 81.8 Å². The number of aromatic amines is 1. The van der Waals surface area contributed by atoms with Crippen LogP contribution < -0.4 is 10.9 Å². The van der Waals surface area contributed by atoms with Crippen molar-refractivity contribution in [2.45, 2.75) is 39.3 Å². The van der Waals surface area contributed by atoms with Crippen LogP contribution in [-0.2, 0) is 13.0 Å². The molecular weight excluding hydrogens is 382 g/mol. The summed E-state index contributed by atoms with van der Waals surface area (Å²) in [5, 5.41) is 7.01. The Labute approximate surface area is 173 Å². The minimum Gasteiger partial charge on any atom is -0.343 e. The van der Waals surface area contributed by atoms with Gasteiger partial charge in [-0.2, -0.15) is 5.10 Å². The molecule has 0 spiro atoms. The van der Waals surface area contributed by atoms with Gasteiger partial charge in [-0.15, -0.1) is 0 Å². The molecule has 1 amide bonds. The number of amides is 1. The largest absolute Gasteiger partial charge is 0.343 e. The second-order valence-corrected chi connectivity index (χ2v) is 8.40. The lowest BCUT2D eigenvalue weighted by molar-refractivity contribution is 0.0910. The molecule has 0 radical (unpaired) electrons. The van der Waals surface area contributed by atoms with E-state index >= 15 is 0 Å². The normalized spacial score (nSPS) is 16.0. The molecule has 8 heteroatoms. The standard InChI is InChI=1S/C22H23N5O3/c1-22(2)9-17-15(19(28)10-22)8-16(20(29)25-17)21(30)26-18(11-27-13-23-12-24-27)14-6-4-3-5-7-14/h3-8,12-13,18H,9-11H2,1-2H3,(H,25,29)(H,26,30). The molecular formula is C22H23N5O3. The van der Waals surface area contributed by atoms with Crippen molar-refractivity contribution in [3.8, 4) is 0 Å². The summed E-state index contributed by atoms with van der Waals surface area (Å²) >= 11 is 0. The number of hydrogen-bond donors (Lipinski definition) is 2. The Morgan fingerprint density at radius 1 is 1.23 bits per heavy atom. The van der Waals surface area contributed by atoms with Crippen LogP contribution in [0, 0.1) is 5.41 Å². The maximum atomic E-state index is 13.0. The Hall–Kier alpha value is -3.55. The fraction of sp³-hybridized carbons (Fsp3) is 0.318. The van der Waals surface area contributed by atoms with Crippen LogP contribution in [0.5, 0.6) is 0 Å². The monoisotopic (exact) mass is 405 g/mol. The number of carbonyl (C=O) groups excluding carboxylic acids is 2. The van der Waals surface area contributed by atoms with Gasteiger partial charge in [-0.05, 0) is 23.5 Å². The zero-order chi connectivity index (χ0) is 21.3. The summed E-state index contributed by atoms with van der Waals surface area (Å²) in [6.07, 6.45) is 3.95. The molecule has 1 aliphatic rings. The second-order valence-electron chi connectivity index (χ2n) is 8.40. The Bertz CT molecular complexity index is 1130. The van der Waals surface area contributed by atoms with E-state index in [0.29, 0.717) is 30.6 Å². The van der Waals surface area contributed by atoms with E-state index in [2.05, 4.69) is 20.4 Å². The molecule has 1 aromatic carbocycles. The third kappa shape index (κ3) is 4.07. The number of Topliss-reactive ketones (excluding diaryl/α,β-unsaturated/α-hetero) is 1. The van der Waals surface area contributed by atoms with Crippen LogP contribution in [0.4, 0.5) is 0 Å². The fourth-order valence-corrected chi connectivity index (χ4v) is 3.87. The van der Waals surface area contributed by atoms with E-state index in [-0.39, 0.29) is 16.8 Å². The van der Waals surface area contributed by atoms with Crippen molar-refractivity contribution < 1.29 is 9.59 Å². The van der Waals surface area contributed by atoms with Gasteiger partial charge < -0.3 is 10.3 Å². The highest BCUT2D eigenvalue weighted by molar-refractivity contribution is 6.02. The van der Waals surface area contributed by atoms with Gasteiger partial charge in [-0.25, -0.2) is 4.98 Å². The van der Waals surface area contributed by atoms with Crippen molar-refractivity contribution in [1.82, 2.24) is 25.1 Å². The fourth-order valence-electron chi connectivity index (χ4n) is 3.87. The molecule has 0 bridgehead atoms. The Morgan fingerprint density at radius 3 is 2.70 bits per heavy atom. The zero-order valence-corrected chi connectivity index (χ0v) is 16.9. The van der Waals surface area contributed by atoms with E-state index in [1.54, 1.807) is 11.0 Å². The number of ketones is 1. The van der Waals surface area contributed by atoms with Crippen molar-refractivity contribution in [3.63, 3.8) is 0 Å². The lowest BCUT2D eigenvalue weighted by Gasteiger charge is -2.29. The number of carbonyl (C=O) groups is 2. The molecule has 1 unspecified atom stereocenters. The summed E-state index contributed by atoms with van der Waals surface area (Å²) in [4.78, 5) is 44.9. The van der Waals surface area contributed by atoms with Crippen molar-refractivity contribution >= 4 is 11.7 Å². The number of nitrogens with zero attached hydrogens (tertiary/aromatic N) is 3. The summed E-state index contributed by atoms with van der Waals surface area (Å²) in [5.74, 6) is -0.598. The quantitative estimate of drug-likeness (QED) is 0.677. The Kier molecular flexibility index (Phi) is 5.07. The van der Waals surface area contributed by atoms with Crippen LogP contribution >= 0.6 is 0 Å². The van der Waals surface area contributed by atoms with E-state index in [4.69, 9.17) is 0 Å². The second kappa shape index (κ2) is 7.70. The molecule has 2 heterocycles. The van der Waals surface area contributed by atoms with Crippen molar-refractivity contribution in [2.75, 3.05) is 0 Å². The summed E-state index contributed by atoms with van der Waals surface area (Å²) < 4.78 is 1.61. The third-order valence-corrected chi connectivity index (χ3v) is 5.31. The Morgan fingerprint density at radius 2 is 2.00 bits per heavy atom. The predicted octanol–water partition coefficient (Wildman–Crippen LogP) is 2.29. The van der Waals surface area contributed by atoms with Gasteiger partial charge in [0.2, 0.25) is 0 Å². The maximum absolute atomic E-state index is 13.0. The first-order valence-electron chi connectivity index (χ1n) is 9.80. The first-order chi connectivity index (χ1) is 14.3. The number of hydrogen-bond acceptors (Lipinski definition) is 5. The van der Waals surface area contributed by atoms with Gasteiger partial charge in [0.15, 0.2) is 5.78 Å². The smallest absolute Gasteiger partial charge is 0.261 e. The van der Waals surface area contributed by atoms with Crippen LogP contribution in [0.3, 0.4) is 0 Å². The summed E-state index contributed by atoms with van der Waals surface area (Å²) in [7, 11) is 0. The molecule has 8 nitrogen and oxygen atoms in total. The number of rotatable bonds is 5. The van der Waals surface area contributed by atoms with Gasteiger partial charge in [-0.3, -0.25) is 19.1 Å². The van der Waals surface area contributed by atoms with Crippen molar-refractivity contribution in [2.24, 2.45) is 5.41 Å². The van der Waals surface area contributed by atoms with Gasteiger partial charge >= 0.3 is 0 Å². The average molecular weight is 405 g/mol. The first kappa shape index (κ1) is 19.8. The molecule has 154 valence electrons. The SMILES string of the molecule is CC1(C)CC(=O)c2cc(C(=O)NC(Cn3cncn3)c3ccccc3)c(=O)[nH]c2C1. The van der Waals surface area contributed by atoms with E-state index in [1.807, 2.05) is 44.2 Å². The number of pyridine rings is 1. The van der Waals surface area contributed by atoms with E-state index < -0.39 is 17.5 Å². The average Bonchev–Trinajstić information content (AvgIpc) is 3.20. The zero-order valence-electron chi connectivity index (χ0n) is 16.9. The number of H-pyrrole nitrogens is 1. The van der Waals surface area contributed by atoms with Gasteiger partial charge in [0.1, 0.15) is 18.2 Å². The van der Waals surface area contributed by atoms with Gasteiger partial charge in [-0.1, -0.05) is 44.2 Å². The first-order valence-corrected chi connectivity index (χ1v) is 9.80. The number of nitrogens with one attached hydrogen (secondary N) is 2. The molecule has 0 saturated heterocycles.